The van der Waals surface area contributed by atoms with E-state index in [1.54, 1.807) is 21.9 Å². The summed E-state index contributed by atoms with van der Waals surface area (Å²) >= 11 is 0. The molecule has 0 spiro atoms. The molecule has 0 saturated carbocycles. The van der Waals surface area contributed by atoms with Crippen LogP contribution in [0.5, 0.6) is 0 Å². The van der Waals surface area contributed by atoms with Crippen molar-refractivity contribution in [3.63, 3.8) is 0 Å². The molecule has 1 heterocycles. The van der Waals surface area contributed by atoms with Gasteiger partial charge >= 0.3 is 6.03 Å². The molecule has 2 rings (SSSR count). The lowest BCUT2D eigenvalue weighted by molar-refractivity contribution is -0.131. The van der Waals surface area contributed by atoms with Gasteiger partial charge in [-0.15, -0.1) is 0 Å². The van der Waals surface area contributed by atoms with Crippen LogP contribution < -0.4 is 5.32 Å². The van der Waals surface area contributed by atoms with E-state index in [4.69, 9.17) is 0 Å². The second-order valence-corrected chi connectivity index (χ2v) is 7.39. The highest BCUT2D eigenvalue weighted by atomic mass is 19.1. The van der Waals surface area contributed by atoms with Gasteiger partial charge in [0.25, 0.3) is 0 Å². The third-order valence-corrected chi connectivity index (χ3v) is 3.93. The van der Waals surface area contributed by atoms with E-state index >= 15 is 0 Å². The minimum atomic E-state index is -0.333. The smallest absolute Gasteiger partial charge is 0.317 e. The van der Waals surface area contributed by atoms with Gasteiger partial charge in [0.05, 0.1) is 6.42 Å². The predicted octanol–water partition coefficient (Wildman–Crippen LogP) is 2.27. The van der Waals surface area contributed by atoms with Gasteiger partial charge in [-0.05, 0) is 23.1 Å². The van der Waals surface area contributed by atoms with Crippen molar-refractivity contribution in [2.24, 2.45) is 5.41 Å². The van der Waals surface area contributed by atoms with E-state index in [0.717, 1.165) is 0 Å². The topological polar surface area (TPSA) is 52.7 Å². The second kappa shape index (κ2) is 7.64. The Morgan fingerprint density at radius 2 is 1.75 bits per heavy atom. The molecule has 1 aliphatic heterocycles. The minimum Gasteiger partial charge on any atom is -0.339 e. The van der Waals surface area contributed by atoms with Crippen LogP contribution in [0.2, 0.25) is 0 Å². The molecule has 3 amide bonds. The van der Waals surface area contributed by atoms with E-state index < -0.39 is 0 Å². The van der Waals surface area contributed by atoms with E-state index in [9.17, 15) is 14.0 Å². The quantitative estimate of drug-likeness (QED) is 0.921. The van der Waals surface area contributed by atoms with Crippen LogP contribution in [-0.2, 0) is 11.2 Å². The fourth-order valence-corrected chi connectivity index (χ4v) is 2.54. The number of carbonyl (C=O) groups excluding carboxylic acids is 2. The van der Waals surface area contributed by atoms with Crippen molar-refractivity contribution in [2.75, 3.05) is 32.7 Å². The largest absolute Gasteiger partial charge is 0.339 e. The van der Waals surface area contributed by atoms with Crippen LogP contribution in [0.25, 0.3) is 0 Å². The second-order valence-electron chi connectivity index (χ2n) is 7.39. The fraction of sp³-hybridized carbons (Fsp3) is 0.556. The van der Waals surface area contributed by atoms with Crippen molar-refractivity contribution in [1.29, 1.82) is 0 Å². The number of nitrogens with zero attached hydrogens (tertiary/aromatic N) is 2. The van der Waals surface area contributed by atoms with Crippen molar-refractivity contribution in [3.8, 4) is 0 Å². The van der Waals surface area contributed by atoms with Crippen LogP contribution in [0.1, 0.15) is 26.3 Å². The zero-order valence-corrected chi connectivity index (χ0v) is 14.6. The minimum absolute atomic E-state index is 0.0321. The number of hydrogen-bond acceptors (Lipinski definition) is 2. The summed E-state index contributed by atoms with van der Waals surface area (Å²) in [5.74, 6) is -0.365. The van der Waals surface area contributed by atoms with Crippen molar-refractivity contribution in [2.45, 2.75) is 27.2 Å². The molecule has 0 aliphatic carbocycles. The average molecular weight is 335 g/mol. The van der Waals surface area contributed by atoms with Crippen LogP contribution in [0.4, 0.5) is 9.18 Å². The number of carbonyl (C=O) groups is 2. The van der Waals surface area contributed by atoms with Gasteiger partial charge in [0, 0.05) is 32.7 Å². The van der Waals surface area contributed by atoms with Gasteiger partial charge in [-0.3, -0.25) is 4.79 Å². The van der Waals surface area contributed by atoms with Gasteiger partial charge in [0.15, 0.2) is 0 Å². The standard InChI is InChI=1S/C18H26FN3O2/c1-18(2,3)13-20-17(24)22-9-7-21(8-10-22)16(23)12-14-5-4-6-15(19)11-14/h4-6,11H,7-10,12-13H2,1-3H3,(H,20,24). The van der Waals surface area contributed by atoms with E-state index in [2.05, 4.69) is 26.1 Å². The molecular weight excluding hydrogens is 309 g/mol. The number of halogens is 1. The maximum absolute atomic E-state index is 13.2. The molecule has 0 atom stereocenters. The van der Waals surface area contributed by atoms with Gasteiger partial charge in [-0.2, -0.15) is 0 Å². The first-order valence-corrected chi connectivity index (χ1v) is 8.29. The molecule has 5 nitrogen and oxygen atoms in total. The van der Waals surface area contributed by atoms with Crippen molar-refractivity contribution in [1.82, 2.24) is 15.1 Å². The monoisotopic (exact) mass is 335 g/mol. The lowest BCUT2D eigenvalue weighted by Gasteiger charge is -2.35. The summed E-state index contributed by atoms with van der Waals surface area (Å²) in [6.45, 7) is 8.87. The summed E-state index contributed by atoms with van der Waals surface area (Å²) in [5, 5.41) is 2.92. The van der Waals surface area contributed by atoms with Gasteiger partial charge in [0.1, 0.15) is 5.82 Å². The highest BCUT2D eigenvalue weighted by molar-refractivity contribution is 5.79. The molecule has 1 aliphatic rings. The Morgan fingerprint density at radius 1 is 1.12 bits per heavy atom. The summed E-state index contributed by atoms with van der Waals surface area (Å²) in [5.41, 5.74) is 0.712. The Morgan fingerprint density at radius 3 is 2.33 bits per heavy atom. The molecule has 1 saturated heterocycles. The molecule has 0 unspecified atom stereocenters. The van der Waals surface area contributed by atoms with E-state index in [-0.39, 0.29) is 29.6 Å². The lowest BCUT2D eigenvalue weighted by atomic mass is 9.97. The van der Waals surface area contributed by atoms with Crippen LogP contribution in [-0.4, -0.2) is 54.5 Å². The number of urea groups is 1. The lowest BCUT2D eigenvalue weighted by Crippen LogP contribution is -2.54. The molecule has 0 bridgehead atoms. The third-order valence-electron chi connectivity index (χ3n) is 3.93. The zero-order valence-electron chi connectivity index (χ0n) is 14.6. The molecule has 1 aromatic carbocycles. The summed E-state index contributed by atoms with van der Waals surface area (Å²) in [4.78, 5) is 27.9. The number of rotatable bonds is 3. The SMILES string of the molecule is CC(C)(C)CNC(=O)N1CCN(C(=O)Cc2cccc(F)c2)CC1. The van der Waals surface area contributed by atoms with Gasteiger partial charge < -0.3 is 15.1 Å². The number of benzene rings is 1. The van der Waals surface area contributed by atoms with Crippen molar-refractivity contribution < 1.29 is 14.0 Å². The first-order chi connectivity index (χ1) is 11.2. The number of piperazine rings is 1. The highest BCUT2D eigenvalue weighted by Crippen LogP contribution is 2.12. The average Bonchev–Trinajstić information content (AvgIpc) is 2.52. The molecule has 1 aromatic rings. The maximum Gasteiger partial charge on any atom is 0.317 e. The molecular formula is C18H26FN3O2. The van der Waals surface area contributed by atoms with Gasteiger partial charge in [-0.1, -0.05) is 32.9 Å². The summed E-state index contributed by atoms with van der Waals surface area (Å²) < 4.78 is 13.2. The van der Waals surface area contributed by atoms with Crippen LogP contribution in [0.3, 0.4) is 0 Å². The predicted molar refractivity (Wildman–Crippen MR) is 91.1 cm³/mol. The molecule has 6 heteroatoms. The van der Waals surface area contributed by atoms with Crippen molar-refractivity contribution >= 4 is 11.9 Å². The van der Waals surface area contributed by atoms with E-state index in [1.165, 1.54) is 12.1 Å². The maximum atomic E-state index is 13.2. The van der Waals surface area contributed by atoms with Crippen LogP contribution >= 0.6 is 0 Å². The highest BCUT2D eigenvalue weighted by Gasteiger charge is 2.24. The number of amides is 3. The van der Waals surface area contributed by atoms with Gasteiger partial charge in [-0.25, -0.2) is 9.18 Å². The first-order valence-electron chi connectivity index (χ1n) is 8.29. The molecule has 0 aromatic heterocycles. The molecule has 0 radical (unpaired) electrons. The third kappa shape index (κ3) is 5.51. The summed E-state index contributed by atoms with van der Waals surface area (Å²) in [7, 11) is 0. The van der Waals surface area contributed by atoms with Crippen molar-refractivity contribution in [3.05, 3.63) is 35.6 Å². The molecule has 1 fully saturated rings. The number of nitrogens with one attached hydrogen (secondary N) is 1. The molecule has 132 valence electrons. The van der Waals surface area contributed by atoms with E-state index in [0.29, 0.717) is 38.3 Å². The summed E-state index contributed by atoms with van der Waals surface area (Å²) in [6, 6.07) is 6.02. The van der Waals surface area contributed by atoms with E-state index in [1.807, 2.05) is 0 Å². The fourth-order valence-electron chi connectivity index (χ4n) is 2.54. The molecule has 1 N–H and O–H groups in total. The Balaban J connectivity index is 1.79. The van der Waals surface area contributed by atoms with Gasteiger partial charge in [0.2, 0.25) is 5.91 Å². The van der Waals surface area contributed by atoms with Crippen LogP contribution in [0.15, 0.2) is 24.3 Å². The Labute approximate surface area is 142 Å². The summed E-state index contributed by atoms with van der Waals surface area (Å²) in [6.07, 6.45) is 0.188. The first kappa shape index (κ1) is 18.2. The Bertz CT molecular complexity index is 590. The Kier molecular flexibility index (Phi) is 5.80. The van der Waals surface area contributed by atoms with Crippen LogP contribution in [0, 0.1) is 11.2 Å². The Hall–Kier alpha value is -2.11. The normalized spacial score (nSPS) is 15.3. The zero-order chi connectivity index (χ0) is 17.7. The molecule has 24 heavy (non-hydrogen) atoms. The number of hydrogen-bond donors (Lipinski definition) is 1.